The third kappa shape index (κ3) is 3.15. The number of aryl methyl sites for hydroxylation is 2. The van der Waals surface area contributed by atoms with Gasteiger partial charge in [-0.1, -0.05) is 24.3 Å². The summed E-state index contributed by atoms with van der Waals surface area (Å²) in [5, 5.41) is 0. The number of ether oxygens (including phenoxy) is 1. The number of hydrogen-bond acceptors (Lipinski definition) is 4. The molecule has 4 nitrogen and oxygen atoms in total. The van der Waals surface area contributed by atoms with Crippen molar-refractivity contribution in [1.82, 2.24) is 4.98 Å². The van der Waals surface area contributed by atoms with Crippen molar-refractivity contribution in [2.45, 2.75) is 20.8 Å². The van der Waals surface area contributed by atoms with Crippen molar-refractivity contribution in [3.8, 4) is 0 Å². The van der Waals surface area contributed by atoms with Crippen LogP contribution in [0.15, 0.2) is 28.7 Å². The van der Waals surface area contributed by atoms with Crippen molar-refractivity contribution >= 4 is 18.1 Å². The number of benzene rings is 1. The first-order valence-corrected chi connectivity index (χ1v) is 6.50. The van der Waals surface area contributed by atoms with Crippen LogP contribution in [0, 0.1) is 13.8 Å². The molecule has 2 aromatic rings. The van der Waals surface area contributed by atoms with E-state index >= 15 is 0 Å². The zero-order valence-electron chi connectivity index (χ0n) is 11.8. The molecular weight excluding hydrogens is 254 g/mol. The molecule has 0 amide bonds. The molecule has 0 bridgehead atoms. The summed E-state index contributed by atoms with van der Waals surface area (Å²) in [4.78, 5) is 15.8. The van der Waals surface area contributed by atoms with Gasteiger partial charge in [-0.15, -0.1) is 0 Å². The second kappa shape index (κ2) is 6.19. The molecule has 0 N–H and O–H groups in total. The van der Waals surface area contributed by atoms with Gasteiger partial charge in [0.2, 0.25) is 5.89 Å². The van der Waals surface area contributed by atoms with Crippen molar-refractivity contribution in [2.75, 3.05) is 6.61 Å². The highest BCUT2D eigenvalue weighted by Crippen LogP contribution is 2.15. The zero-order chi connectivity index (χ0) is 14.5. The molecule has 20 heavy (non-hydrogen) atoms. The summed E-state index contributed by atoms with van der Waals surface area (Å²) < 4.78 is 10.4. The Kier molecular flexibility index (Phi) is 4.35. The fraction of sp³-hybridized carbons (Fsp3) is 0.250. The van der Waals surface area contributed by atoms with Crippen molar-refractivity contribution in [3.05, 3.63) is 52.7 Å². The van der Waals surface area contributed by atoms with Crippen LogP contribution in [-0.4, -0.2) is 17.6 Å². The molecule has 0 spiro atoms. The van der Waals surface area contributed by atoms with E-state index in [1.54, 1.807) is 19.9 Å². The second-order valence-electron chi connectivity index (χ2n) is 4.37. The van der Waals surface area contributed by atoms with Crippen LogP contribution in [0.1, 0.15) is 40.2 Å². The van der Waals surface area contributed by atoms with E-state index in [0.29, 0.717) is 18.3 Å². The topological polar surface area (TPSA) is 52.3 Å². The second-order valence-corrected chi connectivity index (χ2v) is 4.37. The highest BCUT2D eigenvalue weighted by atomic mass is 16.5. The predicted octanol–water partition coefficient (Wildman–Crippen LogP) is 3.64. The van der Waals surface area contributed by atoms with E-state index in [-0.39, 0.29) is 5.69 Å². The van der Waals surface area contributed by atoms with Gasteiger partial charge in [-0.05, 0) is 38.0 Å². The highest BCUT2D eigenvalue weighted by molar-refractivity contribution is 5.88. The summed E-state index contributed by atoms with van der Waals surface area (Å²) in [6, 6.07) is 8.00. The number of carbonyl (C=O) groups is 1. The van der Waals surface area contributed by atoms with Gasteiger partial charge in [-0.2, -0.15) is 0 Å². The molecule has 0 saturated carbocycles. The lowest BCUT2D eigenvalue weighted by Crippen LogP contribution is -2.06. The molecule has 0 unspecified atom stereocenters. The van der Waals surface area contributed by atoms with E-state index in [1.165, 1.54) is 0 Å². The quantitative estimate of drug-likeness (QED) is 0.797. The monoisotopic (exact) mass is 271 g/mol. The third-order valence-corrected chi connectivity index (χ3v) is 2.88. The Morgan fingerprint density at radius 1 is 1.30 bits per heavy atom. The molecule has 4 heteroatoms. The third-order valence-electron chi connectivity index (χ3n) is 2.88. The fourth-order valence-corrected chi connectivity index (χ4v) is 1.81. The van der Waals surface area contributed by atoms with Gasteiger partial charge in [-0.3, -0.25) is 0 Å². The first-order chi connectivity index (χ1) is 9.61. The van der Waals surface area contributed by atoms with E-state index < -0.39 is 5.97 Å². The molecule has 1 aromatic heterocycles. The van der Waals surface area contributed by atoms with Crippen molar-refractivity contribution in [1.29, 1.82) is 0 Å². The van der Waals surface area contributed by atoms with Crippen LogP contribution in [0.3, 0.4) is 0 Å². The largest absolute Gasteiger partial charge is 0.461 e. The Balaban J connectivity index is 2.21. The molecule has 0 aliphatic carbocycles. The predicted molar refractivity (Wildman–Crippen MR) is 77.3 cm³/mol. The highest BCUT2D eigenvalue weighted by Gasteiger charge is 2.16. The number of rotatable bonds is 4. The normalized spacial score (nSPS) is 10.9. The minimum Gasteiger partial charge on any atom is -0.461 e. The summed E-state index contributed by atoms with van der Waals surface area (Å²) in [6.07, 6.45) is 3.66. The van der Waals surface area contributed by atoms with Crippen LogP contribution in [0.5, 0.6) is 0 Å². The molecule has 2 rings (SSSR count). The van der Waals surface area contributed by atoms with Gasteiger partial charge >= 0.3 is 5.97 Å². The Morgan fingerprint density at radius 3 is 2.75 bits per heavy atom. The van der Waals surface area contributed by atoms with E-state index in [0.717, 1.165) is 11.1 Å². The van der Waals surface area contributed by atoms with E-state index in [2.05, 4.69) is 4.98 Å². The molecule has 0 aliphatic rings. The SMILES string of the molecule is CCOC(=O)c1nc(/C=C/c2ccccc2C)oc1C. The minimum atomic E-state index is -0.454. The van der Waals surface area contributed by atoms with Crippen LogP contribution in [0.25, 0.3) is 12.2 Å². The van der Waals surface area contributed by atoms with Crippen LogP contribution >= 0.6 is 0 Å². The van der Waals surface area contributed by atoms with Gasteiger partial charge in [0.05, 0.1) is 6.61 Å². The summed E-state index contributed by atoms with van der Waals surface area (Å²) in [5.74, 6) is 0.408. The fourth-order valence-electron chi connectivity index (χ4n) is 1.81. The van der Waals surface area contributed by atoms with Gasteiger partial charge in [0.25, 0.3) is 0 Å². The molecule has 0 atom stereocenters. The molecule has 1 heterocycles. The molecule has 0 fully saturated rings. The van der Waals surface area contributed by atoms with Crippen molar-refractivity contribution < 1.29 is 13.9 Å². The van der Waals surface area contributed by atoms with Crippen LogP contribution < -0.4 is 0 Å². The number of nitrogens with zero attached hydrogens (tertiary/aromatic N) is 1. The maximum absolute atomic E-state index is 11.6. The van der Waals surface area contributed by atoms with Gasteiger partial charge in [0.1, 0.15) is 5.76 Å². The van der Waals surface area contributed by atoms with Crippen LogP contribution in [0.2, 0.25) is 0 Å². The average molecular weight is 271 g/mol. The summed E-state index contributed by atoms with van der Waals surface area (Å²) in [5.41, 5.74) is 2.48. The van der Waals surface area contributed by atoms with Crippen LogP contribution in [0.4, 0.5) is 0 Å². The number of hydrogen-bond donors (Lipinski definition) is 0. The number of oxazole rings is 1. The summed E-state index contributed by atoms with van der Waals surface area (Å²) in [6.45, 7) is 5.81. The standard InChI is InChI=1S/C16H17NO3/c1-4-19-16(18)15-12(3)20-14(17-15)10-9-13-8-6-5-7-11(13)2/h5-10H,4H2,1-3H3/b10-9+. The summed E-state index contributed by atoms with van der Waals surface area (Å²) in [7, 11) is 0. The van der Waals surface area contributed by atoms with E-state index in [4.69, 9.17) is 9.15 Å². The van der Waals surface area contributed by atoms with Crippen LogP contribution in [-0.2, 0) is 4.74 Å². The molecule has 1 aromatic carbocycles. The molecular formula is C16H17NO3. The first kappa shape index (κ1) is 14.1. The molecule has 0 saturated heterocycles. The van der Waals surface area contributed by atoms with Crippen molar-refractivity contribution in [3.63, 3.8) is 0 Å². The maximum atomic E-state index is 11.6. The number of esters is 1. The number of carbonyl (C=O) groups excluding carboxylic acids is 1. The Labute approximate surface area is 118 Å². The summed E-state index contributed by atoms with van der Waals surface area (Å²) >= 11 is 0. The Hall–Kier alpha value is -2.36. The van der Waals surface area contributed by atoms with Gasteiger partial charge in [0.15, 0.2) is 5.69 Å². The molecule has 104 valence electrons. The van der Waals surface area contributed by atoms with Gasteiger partial charge < -0.3 is 9.15 Å². The molecule has 0 aliphatic heterocycles. The zero-order valence-corrected chi connectivity index (χ0v) is 11.8. The Bertz CT molecular complexity index is 641. The maximum Gasteiger partial charge on any atom is 0.360 e. The Morgan fingerprint density at radius 2 is 2.05 bits per heavy atom. The lowest BCUT2D eigenvalue weighted by atomic mass is 10.1. The minimum absolute atomic E-state index is 0.233. The van der Waals surface area contributed by atoms with E-state index in [9.17, 15) is 4.79 Å². The van der Waals surface area contributed by atoms with Gasteiger partial charge in [0, 0.05) is 6.08 Å². The number of aromatic nitrogens is 1. The molecule has 0 radical (unpaired) electrons. The van der Waals surface area contributed by atoms with Gasteiger partial charge in [-0.25, -0.2) is 9.78 Å². The first-order valence-electron chi connectivity index (χ1n) is 6.50. The van der Waals surface area contributed by atoms with Crippen molar-refractivity contribution in [2.24, 2.45) is 0 Å². The average Bonchev–Trinajstić information content (AvgIpc) is 2.79. The lowest BCUT2D eigenvalue weighted by Gasteiger charge is -1.97. The lowest BCUT2D eigenvalue weighted by molar-refractivity contribution is 0.0518. The smallest absolute Gasteiger partial charge is 0.360 e. The van der Waals surface area contributed by atoms with E-state index in [1.807, 2.05) is 37.3 Å².